The van der Waals surface area contributed by atoms with Gasteiger partial charge in [-0.2, -0.15) is 0 Å². The van der Waals surface area contributed by atoms with Crippen molar-refractivity contribution in [2.75, 3.05) is 13.1 Å². The predicted molar refractivity (Wildman–Crippen MR) is 95.8 cm³/mol. The van der Waals surface area contributed by atoms with Gasteiger partial charge in [0.1, 0.15) is 11.6 Å². The SMILES string of the molecule is Cl.O=C(Cc1ccc(F)cc1F)NC1CNCCC1c1ccc(F)c(F)c1. The second-order valence-electron chi connectivity index (χ2n) is 6.36. The van der Waals surface area contributed by atoms with Crippen LogP contribution < -0.4 is 10.6 Å². The van der Waals surface area contributed by atoms with Gasteiger partial charge in [-0.25, -0.2) is 17.6 Å². The van der Waals surface area contributed by atoms with Crippen LogP contribution in [0, 0.1) is 23.3 Å². The highest BCUT2D eigenvalue weighted by Crippen LogP contribution is 2.27. The van der Waals surface area contributed by atoms with E-state index in [1.807, 2.05) is 0 Å². The second-order valence-corrected chi connectivity index (χ2v) is 6.36. The van der Waals surface area contributed by atoms with Crippen LogP contribution in [0.15, 0.2) is 36.4 Å². The van der Waals surface area contributed by atoms with E-state index in [1.54, 1.807) is 0 Å². The Morgan fingerprint density at radius 2 is 1.81 bits per heavy atom. The molecule has 1 saturated heterocycles. The van der Waals surface area contributed by atoms with Gasteiger partial charge in [0.05, 0.1) is 6.42 Å². The van der Waals surface area contributed by atoms with Crippen molar-refractivity contribution < 1.29 is 22.4 Å². The molecule has 1 aliphatic rings. The maximum absolute atomic E-state index is 13.7. The van der Waals surface area contributed by atoms with E-state index in [2.05, 4.69) is 10.6 Å². The van der Waals surface area contributed by atoms with Crippen molar-refractivity contribution in [2.24, 2.45) is 0 Å². The average Bonchev–Trinajstić information content (AvgIpc) is 2.60. The molecule has 2 aromatic carbocycles. The van der Waals surface area contributed by atoms with Crippen LogP contribution in [0.5, 0.6) is 0 Å². The number of rotatable bonds is 4. The standard InChI is InChI=1S/C19H18F4N2O.ClH/c20-13-3-1-12(16(22)9-13)8-19(26)25-18-10-24-6-5-14(18)11-2-4-15(21)17(23)7-11;/h1-4,7,9,14,18,24H,5-6,8,10H2,(H,25,26);1H. The lowest BCUT2D eigenvalue weighted by Gasteiger charge is -2.33. The Kier molecular flexibility index (Phi) is 7.21. The minimum atomic E-state index is -0.931. The number of benzene rings is 2. The molecule has 3 rings (SSSR count). The molecule has 2 unspecified atom stereocenters. The monoisotopic (exact) mass is 402 g/mol. The summed E-state index contributed by atoms with van der Waals surface area (Å²) >= 11 is 0. The summed E-state index contributed by atoms with van der Waals surface area (Å²) in [5.41, 5.74) is 0.695. The van der Waals surface area contributed by atoms with Gasteiger partial charge < -0.3 is 10.6 Å². The molecule has 1 heterocycles. The van der Waals surface area contributed by atoms with Gasteiger partial charge in [0.15, 0.2) is 11.6 Å². The fraction of sp³-hybridized carbons (Fsp3) is 0.316. The zero-order valence-corrected chi connectivity index (χ0v) is 15.1. The molecule has 146 valence electrons. The van der Waals surface area contributed by atoms with E-state index in [9.17, 15) is 22.4 Å². The molecule has 0 aromatic heterocycles. The Hall–Kier alpha value is -2.12. The number of amides is 1. The summed E-state index contributed by atoms with van der Waals surface area (Å²) in [6.45, 7) is 1.14. The summed E-state index contributed by atoms with van der Waals surface area (Å²) in [5.74, 6) is -3.94. The molecule has 0 radical (unpaired) electrons. The van der Waals surface area contributed by atoms with E-state index in [0.29, 0.717) is 25.1 Å². The minimum Gasteiger partial charge on any atom is -0.351 e. The molecule has 8 heteroatoms. The Morgan fingerprint density at radius 3 is 2.52 bits per heavy atom. The summed E-state index contributed by atoms with van der Waals surface area (Å²) in [6.07, 6.45) is 0.411. The number of halogens is 5. The Labute approximate surface area is 160 Å². The number of hydrogen-bond donors (Lipinski definition) is 2. The zero-order valence-electron chi connectivity index (χ0n) is 14.3. The van der Waals surface area contributed by atoms with Crippen LogP contribution in [0.2, 0.25) is 0 Å². The lowest BCUT2D eigenvalue weighted by Crippen LogP contribution is -2.50. The van der Waals surface area contributed by atoms with Crippen LogP contribution in [0.3, 0.4) is 0 Å². The first kappa shape index (κ1) is 21.2. The van der Waals surface area contributed by atoms with Crippen LogP contribution in [-0.4, -0.2) is 25.0 Å². The molecular weight excluding hydrogens is 384 g/mol. The van der Waals surface area contributed by atoms with Gasteiger partial charge in [0.25, 0.3) is 0 Å². The minimum absolute atomic E-state index is 0. The Morgan fingerprint density at radius 1 is 1.04 bits per heavy atom. The molecule has 2 atom stereocenters. The zero-order chi connectivity index (χ0) is 18.7. The van der Waals surface area contributed by atoms with E-state index in [1.165, 1.54) is 12.1 Å². The molecule has 1 aliphatic heterocycles. The van der Waals surface area contributed by atoms with Crippen LogP contribution in [0.4, 0.5) is 17.6 Å². The molecule has 0 spiro atoms. The maximum Gasteiger partial charge on any atom is 0.224 e. The average molecular weight is 403 g/mol. The molecule has 3 nitrogen and oxygen atoms in total. The number of hydrogen-bond acceptors (Lipinski definition) is 2. The lowest BCUT2D eigenvalue weighted by molar-refractivity contribution is -0.121. The fourth-order valence-electron chi connectivity index (χ4n) is 3.25. The molecule has 2 aromatic rings. The highest BCUT2D eigenvalue weighted by molar-refractivity contribution is 5.85. The van der Waals surface area contributed by atoms with Gasteiger partial charge in [-0.05, 0) is 42.3 Å². The first-order chi connectivity index (χ1) is 12.4. The van der Waals surface area contributed by atoms with E-state index in [0.717, 1.165) is 24.3 Å². The van der Waals surface area contributed by atoms with E-state index >= 15 is 0 Å². The van der Waals surface area contributed by atoms with Crippen molar-refractivity contribution in [3.63, 3.8) is 0 Å². The fourth-order valence-corrected chi connectivity index (χ4v) is 3.25. The van der Waals surface area contributed by atoms with Crippen LogP contribution >= 0.6 is 12.4 Å². The van der Waals surface area contributed by atoms with Gasteiger partial charge >= 0.3 is 0 Å². The van der Waals surface area contributed by atoms with Crippen LogP contribution in [0.1, 0.15) is 23.5 Å². The first-order valence-electron chi connectivity index (χ1n) is 8.33. The molecule has 1 fully saturated rings. The van der Waals surface area contributed by atoms with E-state index < -0.39 is 29.2 Å². The largest absolute Gasteiger partial charge is 0.351 e. The third-order valence-corrected chi connectivity index (χ3v) is 4.57. The molecule has 1 amide bonds. The highest BCUT2D eigenvalue weighted by Gasteiger charge is 2.28. The maximum atomic E-state index is 13.7. The predicted octanol–water partition coefficient (Wildman–Crippen LogP) is 3.47. The summed E-state index contributed by atoms with van der Waals surface area (Å²) in [6, 6.07) is 6.43. The van der Waals surface area contributed by atoms with Gasteiger partial charge in [-0.15, -0.1) is 12.4 Å². The lowest BCUT2D eigenvalue weighted by atomic mass is 9.86. The number of nitrogens with one attached hydrogen (secondary N) is 2. The van der Waals surface area contributed by atoms with Crippen molar-refractivity contribution in [2.45, 2.75) is 24.8 Å². The van der Waals surface area contributed by atoms with Gasteiger partial charge in [-0.1, -0.05) is 12.1 Å². The van der Waals surface area contributed by atoms with Crippen molar-refractivity contribution in [1.82, 2.24) is 10.6 Å². The third-order valence-electron chi connectivity index (χ3n) is 4.57. The number of carbonyl (C=O) groups excluding carboxylic acids is 1. The summed E-state index contributed by atoms with van der Waals surface area (Å²) in [5, 5.41) is 5.96. The Bertz CT molecular complexity index is 818. The second kappa shape index (κ2) is 9.19. The molecule has 27 heavy (non-hydrogen) atoms. The Balaban J connectivity index is 0.00000261. The number of carbonyl (C=O) groups is 1. The summed E-state index contributed by atoms with van der Waals surface area (Å²) < 4.78 is 53.4. The molecular formula is C19H19ClF4N2O. The topological polar surface area (TPSA) is 41.1 Å². The smallest absolute Gasteiger partial charge is 0.224 e. The number of piperidine rings is 1. The summed E-state index contributed by atoms with van der Waals surface area (Å²) in [4.78, 5) is 12.3. The van der Waals surface area contributed by atoms with Crippen molar-refractivity contribution in [3.05, 3.63) is 70.8 Å². The van der Waals surface area contributed by atoms with Crippen LogP contribution in [-0.2, 0) is 11.2 Å². The van der Waals surface area contributed by atoms with Crippen molar-refractivity contribution in [3.8, 4) is 0 Å². The van der Waals surface area contributed by atoms with Crippen LogP contribution in [0.25, 0.3) is 0 Å². The molecule has 2 N–H and O–H groups in total. The molecule has 0 aliphatic carbocycles. The van der Waals surface area contributed by atoms with Gasteiger partial charge in [0.2, 0.25) is 5.91 Å². The highest BCUT2D eigenvalue weighted by atomic mass is 35.5. The van der Waals surface area contributed by atoms with Crippen molar-refractivity contribution in [1.29, 1.82) is 0 Å². The summed E-state index contributed by atoms with van der Waals surface area (Å²) in [7, 11) is 0. The third kappa shape index (κ3) is 5.20. The van der Waals surface area contributed by atoms with E-state index in [4.69, 9.17) is 0 Å². The molecule has 0 saturated carbocycles. The molecule has 0 bridgehead atoms. The first-order valence-corrected chi connectivity index (χ1v) is 8.33. The van der Waals surface area contributed by atoms with Gasteiger partial charge in [-0.3, -0.25) is 4.79 Å². The quantitative estimate of drug-likeness (QED) is 0.769. The normalized spacial score (nSPS) is 19.3. The van der Waals surface area contributed by atoms with Crippen molar-refractivity contribution >= 4 is 18.3 Å². The van der Waals surface area contributed by atoms with E-state index in [-0.39, 0.29) is 36.4 Å². The van der Waals surface area contributed by atoms with Gasteiger partial charge in [0, 0.05) is 24.6 Å².